The molecule has 0 saturated carbocycles. The van der Waals surface area contributed by atoms with Crippen molar-refractivity contribution in [2.45, 2.75) is 26.7 Å². The van der Waals surface area contributed by atoms with Crippen molar-refractivity contribution in [2.24, 2.45) is 5.41 Å². The minimum Gasteiger partial charge on any atom is -0.359 e. The van der Waals surface area contributed by atoms with Gasteiger partial charge in [0.25, 0.3) is 0 Å². The van der Waals surface area contributed by atoms with Crippen molar-refractivity contribution in [3.63, 3.8) is 0 Å². The van der Waals surface area contributed by atoms with E-state index in [1.54, 1.807) is 36.7 Å². The van der Waals surface area contributed by atoms with Crippen LogP contribution in [0.5, 0.6) is 0 Å². The van der Waals surface area contributed by atoms with E-state index in [9.17, 15) is 9.59 Å². The van der Waals surface area contributed by atoms with Gasteiger partial charge in [-0.15, -0.1) is 0 Å². The highest BCUT2D eigenvalue weighted by atomic mass is 16.2. The van der Waals surface area contributed by atoms with Crippen molar-refractivity contribution in [1.82, 2.24) is 9.97 Å². The highest BCUT2D eigenvalue weighted by Crippen LogP contribution is 2.34. The zero-order valence-electron chi connectivity index (χ0n) is 11.2. The van der Waals surface area contributed by atoms with Gasteiger partial charge in [-0.05, 0) is 37.1 Å². The van der Waals surface area contributed by atoms with Gasteiger partial charge in [0.15, 0.2) is 11.6 Å². The van der Waals surface area contributed by atoms with Crippen LogP contribution in [-0.4, -0.2) is 21.5 Å². The Morgan fingerprint density at radius 3 is 1.63 bits per heavy atom. The number of nitrogens with one attached hydrogen (secondary N) is 2. The van der Waals surface area contributed by atoms with Gasteiger partial charge in [-0.2, -0.15) is 0 Å². The van der Waals surface area contributed by atoms with Gasteiger partial charge in [0.05, 0.1) is 16.8 Å². The predicted octanol–water partition coefficient (Wildman–Crippen LogP) is 3.21. The maximum absolute atomic E-state index is 12.7. The molecule has 0 fully saturated rings. The molecular weight excluding hydrogens is 240 g/mol. The van der Waals surface area contributed by atoms with Gasteiger partial charge in [-0.25, -0.2) is 0 Å². The lowest BCUT2D eigenvalue weighted by Gasteiger charge is -2.27. The lowest BCUT2D eigenvalue weighted by molar-refractivity contribution is 0.0640. The normalized spacial score (nSPS) is 11.5. The molecule has 0 aliphatic carbocycles. The number of hydrogen-bond donors (Lipinski definition) is 2. The number of rotatable bonds is 6. The van der Waals surface area contributed by atoms with Crippen LogP contribution in [0, 0.1) is 5.41 Å². The van der Waals surface area contributed by atoms with E-state index in [0.717, 1.165) is 0 Å². The van der Waals surface area contributed by atoms with Gasteiger partial charge in [0, 0.05) is 12.4 Å². The Morgan fingerprint density at radius 1 is 0.947 bits per heavy atom. The summed E-state index contributed by atoms with van der Waals surface area (Å²) in [4.78, 5) is 31.1. The van der Waals surface area contributed by atoms with Gasteiger partial charge >= 0.3 is 0 Å². The monoisotopic (exact) mass is 258 g/mol. The molecule has 0 aliphatic rings. The lowest BCUT2D eigenvalue weighted by atomic mass is 9.72. The van der Waals surface area contributed by atoms with Crippen molar-refractivity contribution in [3.8, 4) is 0 Å². The second kappa shape index (κ2) is 5.26. The van der Waals surface area contributed by atoms with Crippen molar-refractivity contribution in [3.05, 3.63) is 48.0 Å². The zero-order chi connectivity index (χ0) is 13.9. The summed E-state index contributed by atoms with van der Waals surface area (Å²) in [5, 5.41) is 0. The molecule has 0 spiro atoms. The Labute approximate surface area is 112 Å². The number of H-pyrrole nitrogens is 2. The Morgan fingerprint density at radius 2 is 1.37 bits per heavy atom. The Hall–Kier alpha value is -2.10. The minimum absolute atomic E-state index is 0.137. The molecular formula is C15H18N2O2. The third-order valence-corrected chi connectivity index (χ3v) is 3.76. The number of aromatic amines is 2. The third kappa shape index (κ3) is 2.14. The summed E-state index contributed by atoms with van der Waals surface area (Å²) in [7, 11) is 0. The van der Waals surface area contributed by atoms with E-state index < -0.39 is 5.41 Å². The summed E-state index contributed by atoms with van der Waals surface area (Å²) in [5.41, 5.74) is -0.0115. The van der Waals surface area contributed by atoms with Gasteiger partial charge in [-0.3, -0.25) is 9.59 Å². The van der Waals surface area contributed by atoms with E-state index in [4.69, 9.17) is 0 Å². The van der Waals surface area contributed by atoms with Crippen LogP contribution in [0.3, 0.4) is 0 Å². The summed E-state index contributed by atoms with van der Waals surface area (Å²) in [6.07, 6.45) is 4.36. The molecule has 0 atom stereocenters. The number of carbonyl (C=O) groups excluding carboxylic acids is 2. The first kappa shape index (κ1) is 13.3. The van der Waals surface area contributed by atoms with Crippen LogP contribution in [0.25, 0.3) is 0 Å². The summed E-state index contributed by atoms with van der Waals surface area (Å²) in [6, 6.07) is 6.96. The minimum atomic E-state index is -0.990. The predicted molar refractivity (Wildman–Crippen MR) is 73.3 cm³/mol. The lowest BCUT2D eigenvalue weighted by Crippen LogP contribution is -2.39. The number of carbonyl (C=O) groups is 2. The van der Waals surface area contributed by atoms with E-state index >= 15 is 0 Å². The first-order valence-electron chi connectivity index (χ1n) is 6.52. The van der Waals surface area contributed by atoms with E-state index in [0.29, 0.717) is 24.2 Å². The fourth-order valence-electron chi connectivity index (χ4n) is 2.45. The van der Waals surface area contributed by atoms with Gasteiger partial charge in [0.1, 0.15) is 0 Å². The molecule has 0 aromatic carbocycles. The number of Topliss-reactive ketones (excluding diaryl/α,β-unsaturated/α-hetero) is 2. The maximum atomic E-state index is 12.7. The molecule has 0 amide bonds. The fourth-order valence-corrected chi connectivity index (χ4v) is 2.45. The summed E-state index contributed by atoms with van der Waals surface area (Å²) < 4.78 is 0. The van der Waals surface area contributed by atoms with E-state index in [1.165, 1.54) is 0 Å². The Kier molecular flexibility index (Phi) is 3.69. The SMILES string of the molecule is CCC(CC)(C(=O)c1ccc[nH]1)C(=O)c1ccc[nH]1. The van der Waals surface area contributed by atoms with Crippen LogP contribution < -0.4 is 0 Å². The molecule has 2 aromatic heterocycles. The quantitative estimate of drug-likeness (QED) is 0.617. The topological polar surface area (TPSA) is 65.7 Å². The average molecular weight is 258 g/mol. The van der Waals surface area contributed by atoms with Crippen molar-refractivity contribution >= 4 is 11.6 Å². The molecule has 100 valence electrons. The van der Waals surface area contributed by atoms with Gasteiger partial charge < -0.3 is 9.97 Å². The molecule has 2 N–H and O–H groups in total. The van der Waals surface area contributed by atoms with E-state index in [1.807, 2.05) is 13.8 Å². The van der Waals surface area contributed by atoms with E-state index in [2.05, 4.69) is 9.97 Å². The average Bonchev–Trinajstić information content (AvgIpc) is 3.13. The first-order chi connectivity index (χ1) is 9.15. The molecule has 19 heavy (non-hydrogen) atoms. The Balaban J connectivity index is 2.43. The highest BCUT2D eigenvalue weighted by molar-refractivity contribution is 6.18. The molecule has 0 radical (unpaired) electrons. The number of ketones is 2. The summed E-state index contributed by atoms with van der Waals surface area (Å²) in [5.74, 6) is -0.274. The molecule has 4 heteroatoms. The molecule has 0 saturated heterocycles. The van der Waals surface area contributed by atoms with Crippen molar-refractivity contribution in [2.75, 3.05) is 0 Å². The molecule has 4 nitrogen and oxygen atoms in total. The van der Waals surface area contributed by atoms with Crippen LogP contribution in [0.1, 0.15) is 47.7 Å². The van der Waals surface area contributed by atoms with Gasteiger partial charge in [-0.1, -0.05) is 13.8 Å². The standard InChI is InChI=1S/C15H18N2O2/c1-3-15(4-2,13(18)11-7-5-9-16-11)14(19)12-8-6-10-17-12/h5-10,16-17H,3-4H2,1-2H3. The van der Waals surface area contributed by atoms with Crippen LogP contribution in [0.15, 0.2) is 36.7 Å². The van der Waals surface area contributed by atoms with E-state index in [-0.39, 0.29) is 11.6 Å². The van der Waals surface area contributed by atoms with Crippen LogP contribution in [0.4, 0.5) is 0 Å². The molecule has 2 aromatic rings. The smallest absolute Gasteiger partial charge is 0.192 e. The van der Waals surface area contributed by atoms with Gasteiger partial charge in [0.2, 0.25) is 0 Å². The summed E-state index contributed by atoms with van der Waals surface area (Å²) in [6.45, 7) is 3.76. The van der Waals surface area contributed by atoms with Crippen LogP contribution >= 0.6 is 0 Å². The second-order valence-corrected chi connectivity index (χ2v) is 4.62. The molecule has 0 aliphatic heterocycles. The van der Waals surface area contributed by atoms with Crippen molar-refractivity contribution in [1.29, 1.82) is 0 Å². The highest BCUT2D eigenvalue weighted by Gasteiger charge is 2.43. The second-order valence-electron chi connectivity index (χ2n) is 4.62. The number of hydrogen-bond acceptors (Lipinski definition) is 2. The van der Waals surface area contributed by atoms with Crippen LogP contribution in [-0.2, 0) is 0 Å². The summed E-state index contributed by atoms with van der Waals surface area (Å²) >= 11 is 0. The molecule has 2 heterocycles. The Bertz CT molecular complexity index is 501. The largest absolute Gasteiger partial charge is 0.359 e. The molecule has 0 bridgehead atoms. The van der Waals surface area contributed by atoms with Crippen molar-refractivity contribution < 1.29 is 9.59 Å². The molecule has 0 unspecified atom stereocenters. The molecule has 2 rings (SSSR count). The third-order valence-electron chi connectivity index (χ3n) is 3.76. The first-order valence-corrected chi connectivity index (χ1v) is 6.52. The maximum Gasteiger partial charge on any atom is 0.192 e. The fraction of sp³-hybridized carbons (Fsp3) is 0.333. The zero-order valence-corrected chi connectivity index (χ0v) is 11.2. The van der Waals surface area contributed by atoms with Crippen LogP contribution in [0.2, 0.25) is 0 Å². The number of aromatic nitrogens is 2.